The van der Waals surface area contributed by atoms with Gasteiger partial charge in [0.2, 0.25) is 0 Å². The third kappa shape index (κ3) is 3.12. The molecule has 1 aliphatic rings. The van der Waals surface area contributed by atoms with E-state index in [2.05, 4.69) is 40.4 Å². The highest BCUT2D eigenvalue weighted by Gasteiger charge is 2.32. The first kappa shape index (κ1) is 13.4. The zero-order chi connectivity index (χ0) is 13.9. The van der Waals surface area contributed by atoms with E-state index in [1.807, 2.05) is 13.0 Å². The van der Waals surface area contributed by atoms with Gasteiger partial charge in [0.25, 0.3) is 0 Å². The minimum atomic E-state index is 0.523. The number of aromatic nitrogens is 2. The van der Waals surface area contributed by atoms with E-state index in [4.69, 9.17) is 4.52 Å². The summed E-state index contributed by atoms with van der Waals surface area (Å²) in [5.74, 6) is 1.69. The molecule has 0 radical (unpaired) electrons. The number of rotatable bonds is 7. The van der Waals surface area contributed by atoms with Gasteiger partial charge >= 0.3 is 0 Å². The minimum absolute atomic E-state index is 0.523. The van der Waals surface area contributed by atoms with Crippen LogP contribution in [0.5, 0.6) is 0 Å². The molecule has 4 nitrogen and oxygen atoms in total. The Labute approximate surface area is 120 Å². The highest BCUT2D eigenvalue weighted by atomic mass is 16.5. The van der Waals surface area contributed by atoms with Crippen LogP contribution in [-0.4, -0.2) is 16.3 Å². The lowest BCUT2D eigenvalue weighted by molar-refractivity contribution is 0.389. The molecule has 2 aromatic rings. The van der Waals surface area contributed by atoms with Crippen molar-refractivity contribution in [2.24, 2.45) is 5.92 Å². The minimum Gasteiger partial charge on any atom is -0.361 e. The number of nitrogens with zero attached hydrogens (tertiary/aromatic N) is 2. The van der Waals surface area contributed by atoms with Crippen molar-refractivity contribution in [1.82, 2.24) is 15.0 Å². The highest BCUT2D eigenvalue weighted by molar-refractivity contribution is 5.19. The molecule has 0 saturated heterocycles. The first-order valence-electron chi connectivity index (χ1n) is 7.57. The van der Waals surface area contributed by atoms with Gasteiger partial charge in [-0.25, -0.2) is 0 Å². The summed E-state index contributed by atoms with van der Waals surface area (Å²) >= 11 is 0. The molecule has 108 valence electrons. The SMILES string of the molecule is CCCNC(c1ccn(Cc2cc(C)on2)c1)C1CC1. The van der Waals surface area contributed by atoms with E-state index >= 15 is 0 Å². The average molecular weight is 273 g/mol. The molecule has 1 N–H and O–H groups in total. The summed E-state index contributed by atoms with van der Waals surface area (Å²) in [7, 11) is 0. The third-order valence-corrected chi connectivity index (χ3v) is 3.86. The van der Waals surface area contributed by atoms with Gasteiger partial charge in [-0.1, -0.05) is 12.1 Å². The Morgan fingerprint density at radius 1 is 1.50 bits per heavy atom. The van der Waals surface area contributed by atoms with Crippen LogP contribution in [0.25, 0.3) is 0 Å². The lowest BCUT2D eigenvalue weighted by Gasteiger charge is -2.16. The maximum absolute atomic E-state index is 5.12. The van der Waals surface area contributed by atoms with Gasteiger partial charge in [-0.2, -0.15) is 0 Å². The van der Waals surface area contributed by atoms with Crippen molar-refractivity contribution < 1.29 is 4.52 Å². The van der Waals surface area contributed by atoms with E-state index in [0.29, 0.717) is 6.04 Å². The molecule has 1 fully saturated rings. The average Bonchev–Trinajstić information content (AvgIpc) is 3.03. The van der Waals surface area contributed by atoms with Crippen LogP contribution >= 0.6 is 0 Å². The first-order valence-corrected chi connectivity index (χ1v) is 7.57. The molecule has 1 saturated carbocycles. The van der Waals surface area contributed by atoms with Crippen LogP contribution in [0.1, 0.15) is 49.2 Å². The van der Waals surface area contributed by atoms with Gasteiger partial charge in [0, 0.05) is 24.5 Å². The third-order valence-electron chi connectivity index (χ3n) is 3.86. The van der Waals surface area contributed by atoms with Crippen molar-refractivity contribution in [2.45, 2.75) is 45.7 Å². The Morgan fingerprint density at radius 2 is 2.35 bits per heavy atom. The topological polar surface area (TPSA) is 43.0 Å². The molecular formula is C16H23N3O. The summed E-state index contributed by atoms with van der Waals surface area (Å²) in [5.41, 5.74) is 2.38. The predicted octanol–water partition coefficient (Wildman–Crippen LogP) is 3.28. The molecule has 0 amide bonds. The normalized spacial score (nSPS) is 16.5. The van der Waals surface area contributed by atoms with Crippen molar-refractivity contribution in [3.05, 3.63) is 41.5 Å². The monoisotopic (exact) mass is 273 g/mol. The molecule has 2 aromatic heterocycles. The van der Waals surface area contributed by atoms with E-state index < -0.39 is 0 Å². The fourth-order valence-corrected chi connectivity index (χ4v) is 2.71. The molecule has 2 heterocycles. The largest absolute Gasteiger partial charge is 0.361 e. The van der Waals surface area contributed by atoms with Crippen LogP contribution in [0.2, 0.25) is 0 Å². The summed E-state index contributed by atoms with van der Waals surface area (Å²) in [5, 5.41) is 7.73. The van der Waals surface area contributed by atoms with Gasteiger partial charge in [0.05, 0.1) is 6.54 Å². The van der Waals surface area contributed by atoms with Crippen LogP contribution < -0.4 is 5.32 Å². The summed E-state index contributed by atoms with van der Waals surface area (Å²) in [6.45, 7) is 6.02. The lowest BCUT2D eigenvalue weighted by atomic mass is 10.1. The van der Waals surface area contributed by atoms with Crippen molar-refractivity contribution >= 4 is 0 Å². The molecule has 0 aromatic carbocycles. The van der Waals surface area contributed by atoms with Crippen molar-refractivity contribution in [3.63, 3.8) is 0 Å². The number of hydrogen-bond acceptors (Lipinski definition) is 3. The van der Waals surface area contributed by atoms with Gasteiger partial charge in [-0.15, -0.1) is 0 Å². The summed E-state index contributed by atoms with van der Waals surface area (Å²) < 4.78 is 7.31. The maximum Gasteiger partial charge on any atom is 0.133 e. The van der Waals surface area contributed by atoms with Crippen LogP contribution in [0, 0.1) is 12.8 Å². The first-order chi connectivity index (χ1) is 9.76. The maximum atomic E-state index is 5.12. The predicted molar refractivity (Wildman–Crippen MR) is 78.5 cm³/mol. The number of hydrogen-bond donors (Lipinski definition) is 1. The van der Waals surface area contributed by atoms with Crippen molar-refractivity contribution in [2.75, 3.05) is 6.54 Å². The smallest absolute Gasteiger partial charge is 0.133 e. The van der Waals surface area contributed by atoms with Crippen molar-refractivity contribution in [1.29, 1.82) is 0 Å². The highest BCUT2D eigenvalue weighted by Crippen LogP contribution is 2.41. The zero-order valence-corrected chi connectivity index (χ0v) is 12.3. The standard InChI is InChI=1S/C16H23N3O/c1-3-7-17-16(13-4-5-13)14-6-8-19(10-14)11-15-9-12(2)20-18-15/h6,8-10,13,16-17H,3-5,7,11H2,1-2H3. The molecule has 20 heavy (non-hydrogen) atoms. The summed E-state index contributed by atoms with van der Waals surface area (Å²) in [6.07, 6.45) is 8.28. The van der Waals surface area contributed by atoms with Gasteiger partial charge in [0.15, 0.2) is 0 Å². The molecule has 0 spiro atoms. The molecule has 0 aliphatic heterocycles. The Morgan fingerprint density at radius 3 is 3.00 bits per heavy atom. The quantitative estimate of drug-likeness (QED) is 0.842. The Kier molecular flexibility index (Phi) is 3.92. The van der Waals surface area contributed by atoms with E-state index in [9.17, 15) is 0 Å². The molecule has 1 aliphatic carbocycles. The van der Waals surface area contributed by atoms with Crippen LogP contribution in [0.4, 0.5) is 0 Å². The second-order valence-electron chi connectivity index (χ2n) is 5.82. The van der Waals surface area contributed by atoms with E-state index in [-0.39, 0.29) is 0 Å². The van der Waals surface area contributed by atoms with Gasteiger partial charge < -0.3 is 14.4 Å². The molecule has 1 atom stereocenters. The summed E-state index contributed by atoms with van der Waals surface area (Å²) in [4.78, 5) is 0. The van der Waals surface area contributed by atoms with Crippen molar-refractivity contribution in [3.8, 4) is 0 Å². The Hall–Kier alpha value is -1.55. The number of aryl methyl sites for hydroxylation is 1. The lowest BCUT2D eigenvalue weighted by Crippen LogP contribution is -2.23. The Bertz CT molecular complexity index is 554. The van der Waals surface area contributed by atoms with Gasteiger partial charge in [-0.3, -0.25) is 0 Å². The molecule has 3 rings (SSSR count). The zero-order valence-electron chi connectivity index (χ0n) is 12.3. The van der Waals surface area contributed by atoms with E-state index in [0.717, 1.165) is 30.5 Å². The van der Waals surface area contributed by atoms with Gasteiger partial charge in [0.1, 0.15) is 11.5 Å². The van der Waals surface area contributed by atoms with E-state index in [1.54, 1.807) is 0 Å². The molecule has 4 heteroatoms. The van der Waals surface area contributed by atoms with Crippen LogP contribution in [-0.2, 0) is 6.54 Å². The van der Waals surface area contributed by atoms with Gasteiger partial charge in [-0.05, 0) is 50.3 Å². The molecule has 0 bridgehead atoms. The fourth-order valence-electron chi connectivity index (χ4n) is 2.71. The fraction of sp³-hybridized carbons (Fsp3) is 0.562. The Balaban J connectivity index is 1.68. The van der Waals surface area contributed by atoms with Crippen LogP contribution in [0.3, 0.4) is 0 Å². The number of nitrogens with one attached hydrogen (secondary N) is 1. The van der Waals surface area contributed by atoms with Crippen LogP contribution in [0.15, 0.2) is 29.0 Å². The second-order valence-corrected chi connectivity index (χ2v) is 5.82. The molecule has 1 unspecified atom stereocenters. The summed E-state index contributed by atoms with van der Waals surface area (Å²) in [6, 6.07) is 4.75. The van der Waals surface area contributed by atoms with E-state index in [1.165, 1.54) is 24.8 Å². The molecular weight excluding hydrogens is 250 g/mol. The second kappa shape index (κ2) is 5.83.